The summed E-state index contributed by atoms with van der Waals surface area (Å²) in [5.41, 5.74) is -0.210. The first kappa shape index (κ1) is 17.2. The second-order valence-corrected chi connectivity index (χ2v) is 5.06. The lowest BCUT2D eigenvalue weighted by atomic mass is 9.94. The van der Waals surface area contributed by atoms with E-state index in [0.717, 1.165) is 18.4 Å². The minimum atomic E-state index is -1.01. The van der Waals surface area contributed by atoms with Crippen molar-refractivity contribution < 1.29 is 19.4 Å². The van der Waals surface area contributed by atoms with Gasteiger partial charge < -0.3 is 15.2 Å². The third-order valence-corrected chi connectivity index (χ3v) is 3.52. The molecule has 0 aromatic heterocycles. The summed E-state index contributed by atoms with van der Waals surface area (Å²) >= 11 is 0. The first-order valence-electron chi connectivity index (χ1n) is 7.11. The van der Waals surface area contributed by atoms with E-state index < -0.39 is 11.6 Å². The Labute approximate surface area is 125 Å². The number of carbonyl (C=O) groups excluding carboxylic acids is 1. The Morgan fingerprint density at radius 2 is 1.86 bits per heavy atom. The molecule has 5 nitrogen and oxygen atoms in total. The van der Waals surface area contributed by atoms with Gasteiger partial charge in [-0.1, -0.05) is 36.8 Å². The first-order chi connectivity index (χ1) is 10.0. The van der Waals surface area contributed by atoms with Gasteiger partial charge >= 0.3 is 5.97 Å². The minimum Gasteiger partial charge on any atom is -0.481 e. The van der Waals surface area contributed by atoms with E-state index in [1.165, 1.54) is 7.11 Å². The fraction of sp³-hybridized carbons (Fsp3) is 0.500. The van der Waals surface area contributed by atoms with Gasteiger partial charge in [0.2, 0.25) is 0 Å². The highest BCUT2D eigenvalue weighted by atomic mass is 16.5. The summed E-state index contributed by atoms with van der Waals surface area (Å²) in [6.45, 7) is 2.26. The van der Waals surface area contributed by atoms with Crippen LogP contribution in [0.2, 0.25) is 0 Å². The van der Waals surface area contributed by atoms with Gasteiger partial charge in [-0.2, -0.15) is 0 Å². The normalized spacial score (nSPS) is 13.4. The van der Waals surface area contributed by atoms with Crippen LogP contribution in [0.25, 0.3) is 0 Å². The highest BCUT2D eigenvalue weighted by molar-refractivity contribution is 5.86. The lowest BCUT2D eigenvalue weighted by Gasteiger charge is -2.27. The summed E-state index contributed by atoms with van der Waals surface area (Å²) in [4.78, 5) is 22.7. The van der Waals surface area contributed by atoms with Gasteiger partial charge in [-0.15, -0.1) is 0 Å². The molecule has 1 aromatic rings. The molecule has 0 aliphatic carbocycles. The van der Waals surface area contributed by atoms with Crippen molar-refractivity contribution >= 4 is 11.9 Å². The molecule has 0 radical (unpaired) electrons. The largest absolute Gasteiger partial charge is 0.481 e. The zero-order chi connectivity index (χ0) is 15.7. The van der Waals surface area contributed by atoms with Crippen molar-refractivity contribution in [3.8, 4) is 0 Å². The molecule has 1 unspecified atom stereocenters. The third kappa shape index (κ3) is 5.19. The summed E-state index contributed by atoms with van der Waals surface area (Å²) in [6.07, 6.45) is 2.34. The maximum absolute atomic E-state index is 12.3. The molecule has 116 valence electrons. The number of methoxy groups -OCH3 is 1. The zero-order valence-corrected chi connectivity index (χ0v) is 12.6. The number of carboxylic acid groups (broad SMARTS) is 1. The number of ether oxygens (including phenoxy) is 1. The Hall–Kier alpha value is -1.88. The Morgan fingerprint density at radius 3 is 2.43 bits per heavy atom. The minimum absolute atomic E-state index is 0.174. The summed E-state index contributed by atoms with van der Waals surface area (Å²) in [6, 6.07) is 9.34. The quantitative estimate of drug-likeness (QED) is 0.685. The van der Waals surface area contributed by atoms with Gasteiger partial charge in [0, 0.05) is 20.1 Å². The third-order valence-electron chi connectivity index (χ3n) is 3.52. The highest BCUT2D eigenvalue weighted by Gasteiger charge is 2.34. The van der Waals surface area contributed by atoms with Gasteiger partial charge in [-0.05, 0) is 25.3 Å². The number of hydrogen-bond donors (Lipinski definition) is 2. The Balaban J connectivity index is 2.44. The molecular formula is C16H23NO4. The van der Waals surface area contributed by atoms with Crippen molar-refractivity contribution in [2.45, 2.75) is 38.2 Å². The van der Waals surface area contributed by atoms with Crippen molar-refractivity contribution in [1.82, 2.24) is 5.32 Å². The second kappa shape index (κ2) is 8.42. The molecule has 0 saturated carbocycles. The van der Waals surface area contributed by atoms with E-state index >= 15 is 0 Å². The number of carbonyl (C=O) groups is 2. The predicted octanol–water partition coefficient (Wildman–Crippen LogP) is 2.31. The zero-order valence-electron chi connectivity index (χ0n) is 12.6. The molecule has 5 heteroatoms. The smallest absolute Gasteiger partial charge is 0.303 e. The molecule has 0 saturated heterocycles. The fourth-order valence-corrected chi connectivity index (χ4v) is 2.05. The van der Waals surface area contributed by atoms with Gasteiger partial charge in [0.1, 0.15) is 0 Å². The van der Waals surface area contributed by atoms with Gasteiger partial charge in [-0.25, -0.2) is 0 Å². The van der Waals surface area contributed by atoms with Crippen LogP contribution in [0.15, 0.2) is 30.3 Å². The van der Waals surface area contributed by atoms with E-state index in [1.807, 2.05) is 30.3 Å². The van der Waals surface area contributed by atoms with E-state index in [0.29, 0.717) is 13.0 Å². The predicted molar refractivity (Wildman–Crippen MR) is 79.9 cm³/mol. The van der Waals surface area contributed by atoms with E-state index in [2.05, 4.69) is 5.32 Å². The standard InChI is InChI=1S/C16H23NO4/c1-16(21-2,13-9-5-3-6-10-13)15(20)17-12-8-4-7-11-14(18)19/h3,5-6,9-10H,4,7-8,11-12H2,1-2H3,(H,17,20)(H,18,19). The lowest BCUT2D eigenvalue weighted by Crippen LogP contribution is -2.44. The number of aliphatic carboxylic acids is 1. The van der Waals surface area contributed by atoms with E-state index in [-0.39, 0.29) is 12.3 Å². The number of nitrogens with one attached hydrogen (secondary N) is 1. The molecule has 0 aliphatic rings. The average molecular weight is 293 g/mol. The van der Waals surface area contributed by atoms with Crippen molar-refractivity contribution in [3.63, 3.8) is 0 Å². The van der Waals surface area contributed by atoms with E-state index in [9.17, 15) is 9.59 Å². The molecule has 1 amide bonds. The highest BCUT2D eigenvalue weighted by Crippen LogP contribution is 2.24. The average Bonchev–Trinajstić information content (AvgIpc) is 2.50. The first-order valence-corrected chi connectivity index (χ1v) is 7.11. The molecule has 0 bridgehead atoms. The monoisotopic (exact) mass is 293 g/mol. The van der Waals surface area contributed by atoms with Crippen LogP contribution in [-0.2, 0) is 19.9 Å². The number of unbranched alkanes of at least 4 members (excludes halogenated alkanes) is 2. The van der Waals surface area contributed by atoms with Crippen molar-refractivity contribution in [2.75, 3.05) is 13.7 Å². The Kier molecular flexibility index (Phi) is 6.88. The summed E-state index contributed by atoms with van der Waals surface area (Å²) in [5, 5.41) is 11.4. The van der Waals surface area contributed by atoms with Crippen molar-refractivity contribution in [2.24, 2.45) is 0 Å². The molecular weight excluding hydrogens is 270 g/mol. The van der Waals surface area contributed by atoms with Gasteiger partial charge in [0.25, 0.3) is 5.91 Å². The summed E-state index contributed by atoms with van der Waals surface area (Å²) < 4.78 is 5.41. The maximum atomic E-state index is 12.3. The molecule has 0 spiro atoms. The summed E-state index contributed by atoms with van der Waals surface area (Å²) in [7, 11) is 1.51. The van der Waals surface area contributed by atoms with Crippen LogP contribution in [-0.4, -0.2) is 30.6 Å². The van der Waals surface area contributed by atoms with E-state index in [1.54, 1.807) is 6.92 Å². The SMILES string of the molecule is COC(C)(C(=O)NCCCCCC(=O)O)c1ccccc1. The van der Waals surface area contributed by atoms with Gasteiger partial charge in [0.15, 0.2) is 5.60 Å². The number of hydrogen-bond acceptors (Lipinski definition) is 3. The van der Waals surface area contributed by atoms with Gasteiger partial charge in [-0.3, -0.25) is 9.59 Å². The van der Waals surface area contributed by atoms with Crippen LogP contribution in [0, 0.1) is 0 Å². The topological polar surface area (TPSA) is 75.6 Å². The Morgan fingerprint density at radius 1 is 1.19 bits per heavy atom. The van der Waals surface area contributed by atoms with Crippen LogP contribution in [0.4, 0.5) is 0 Å². The number of carboxylic acids is 1. The second-order valence-electron chi connectivity index (χ2n) is 5.06. The molecule has 1 rings (SSSR count). The van der Waals surface area contributed by atoms with Crippen LogP contribution in [0.5, 0.6) is 0 Å². The molecule has 0 heterocycles. The number of rotatable bonds is 9. The van der Waals surface area contributed by atoms with E-state index in [4.69, 9.17) is 9.84 Å². The fourth-order valence-electron chi connectivity index (χ4n) is 2.05. The number of amides is 1. The molecule has 1 atom stereocenters. The molecule has 2 N–H and O–H groups in total. The molecule has 0 fully saturated rings. The molecule has 1 aromatic carbocycles. The van der Waals surface area contributed by atoms with Crippen LogP contribution in [0.1, 0.15) is 38.2 Å². The molecule has 0 aliphatic heterocycles. The Bertz CT molecular complexity index is 461. The molecule has 21 heavy (non-hydrogen) atoms. The number of benzene rings is 1. The van der Waals surface area contributed by atoms with Crippen molar-refractivity contribution in [3.05, 3.63) is 35.9 Å². The maximum Gasteiger partial charge on any atom is 0.303 e. The lowest BCUT2D eigenvalue weighted by molar-refractivity contribution is -0.142. The summed E-state index contributed by atoms with van der Waals surface area (Å²) in [5.74, 6) is -0.968. The van der Waals surface area contributed by atoms with Gasteiger partial charge in [0.05, 0.1) is 0 Å². The van der Waals surface area contributed by atoms with Crippen LogP contribution >= 0.6 is 0 Å². The van der Waals surface area contributed by atoms with Crippen LogP contribution < -0.4 is 5.32 Å². The van der Waals surface area contributed by atoms with Crippen molar-refractivity contribution in [1.29, 1.82) is 0 Å². The van der Waals surface area contributed by atoms with Crippen LogP contribution in [0.3, 0.4) is 0 Å².